The van der Waals surface area contributed by atoms with Crippen molar-refractivity contribution in [2.75, 3.05) is 12.3 Å². The minimum Gasteiger partial charge on any atom is -0.492 e. The number of benzene rings is 1. The van der Waals surface area contributed by atoms with Gasteiger partial charge in [0.1, 0.15) is 11.3 Å². The van der Waals surface area contributed by atoms with Crippen molar-refractivity contribution in [2.24, 2.45) is 5.41 Å². The number of ether oxygens (including phenoxy) is 1. The van der Waals surface area contributed by atoms with Crippen molar-refractivity contribution in [1.29, 1.82) is 0 Å². The molecule has 3 rings (SSSR count). The quantitative estimate of drug-likeness (QED) is 0.926. The molecule has 1 fully saturated rings. The lowest BCUT2D eigenvalue weighted by Gasteiger charge is -2.29. The smallest absolute Gasteiger partial charge is 0.201 e. The summed E-state index contributed by atoms with van der Waals surface area (Å²) in [6, 6.07) is 6.50. The van der Waals surface area contributed by atoms with Crippen molar-refractivity contribution in [1.82, 2.24) is 9.55 Å². The molecule has 1 saturated carbocycles. The number of nitrogens with zero attached hydrogens (tertiary/aromatic N) is 2. The van der Waals surface area contributed by atoms with Gasteiger partial charge in [0.2, 0.25) is 5.95 Å². The molecule has 1 aliphatic carbocycles. The molecule has 1 aromatic heterocycles. The Morgan fingerprint density at radius 3 is 2.90 bits per heavy atom. The second kappa shape index (κ2) is 4.69. The van der Waals surface area contributed by atoms with E-state index in [0.717, 1.165) is 16.8 Å². The van der Waals surface area contributed by atoms with Crippen LogP contribution in [0.3, 0.4) is 0 Å². The van der Waals surface area contributed by atoms with Gasteiger partial charge in [-0.05, 0) is 37.3 Å². The zero-order valence-corrected chi connectivity index (χ0v) is 12.5. The summed E-state index contributed by atoms with van der Waals surface area (Å²) >= 11 is 0. The van der Waals surface area contributed by atoms with Gasteiger partial charge < -0.3 is 15.0 Å². The maximum absolute atomic E-state index is 6.22. The van der Waals surface area contributed by atoms with Crippen LogP contribution < -0.4 is 10.5 Å². The van der Waals surface area contributed by atoms with Crippen molar-refractivity contribution in [3.63, 3.8) is 0 Å². The molecule has 0 aliphatic heterocycles. The van der Waals surface area contributed by atoms with E-state index >= 15 is 0 Å². The van der Waals surface area contributed by atoms with Gasteiger partial charge >= 0.3 is 0 Å². The average Bonchev–Trinajstić information content (AvgIpc) is 2.89. The summed E-state index contributed by atoms with van der Waals surface area (Å²) in [6.07, 6.45) is 3.66. The lowest BCUT2D eigenvalue weighted by atomic mass is 9.87. The molecule has 0 bridgehead atoms. The van der Waals surface area contributed by atoms with Gasteiger partial charge in [0, 0.05) is 6.04 Å². The fourth-order valence-electron chi connectivity index (χ4n) is 3.50. The van der Waals surface area contributed by atoms with E-state index in [4.69, 9.17) is 10.5 Å². The third-order valence-corrected chi connectivity index (χ3v) is 4.52. The number of nitrogens with two attached hydrogens (primary N) is 1. The molecule has 2 N–H and O–H groups in total. The second-order valence-electron chi connectivity index (χ2n) is 6.29. The highest BCUT2D eigenvalue weighted by molar-refractivity contribution is 5.84. The monoisotopic (exact) mass is 273 g/mol. The van der Waals surface area contributed by atoms with Crippen molar-refractivity contribution >= 4 is 17.0 Å². The molecule has 1 unspecified atom stereocenters. The maximum atomic E-state index is 6.22. The number of anilines is 1. The first-order valence-corrected chi connectivity index (χ1v) is 7.44. The maximum Gasteiger partial charge on any atom is 0.201 e. The van der Waals surface area contributed by atoms with Gasteiger partial charge in [-0.25, -0.2) is 4.98 Å². The first-order valence-electron chi connectivity index (χ1n) is 7.44. The van der Waals surface area contributed by atoms with E-state index in [-0.39, 0.29) is 5.41 Å². The predicted octanol–water partition coefficient (Wildman–Crippen LogP) is 3.77. The van der Waals surface area contributed by atoms with Crippen molar-refractivity contribution < 1.29 is 4.74 Å². The predicted molar refractivity (Wildman–Crippen MR) is 82.0 cm³/mol. The van der Waals surface area contributed by atoms with E-state index in [0.29, 0.717) is 18.6 Å². The van der Waals surface area contributed by atoms with Crippen LogP contribution in [0.2, 0.25) is 0 Å². The van der Waals surface area contributed by atoms with Gasteiger partial charge in [-0.15, -0.1) is 0 Å². The molecule has 20 heavy (non-hydrogen) atoms. The van der Waals surface area contributed by atoms with E-state index < -0.39 is 0 Å². The summed E-state index contributed by atoms with van der Waals surface area (Å²) in [5, 5.41) is 0. The van der Waals surface area contributed by atoms with Crippen LogP contribution in [0, 0.1) is 5.41 Å². The molecule has 108 valence electrons. The van der Waals surface area contributed by atoms with Gasteiger partial charge in [0.05, 0.1) is 12.1 Å². The minimum atomic E-state index is 0.267. The molecule has 0 spiro atoms. The molecule has 1 atom stereocenters. The van der Waals surface area contributed by atoms with Crippen LogP contribution in [0.1, 0.15) is 46.1 Å². The Bertz CT molecular complexity index is 630. The molecular formula is C16H23N3O. The van der Waals surface area contributed by atoms with Crippen molar-refractivity contribution in [3.8, 4) is 5.75 Å². The summed E-state index contributed by atoms with van der Waals surface area (Å²) in [4.78, 5) is 4.56. The summed E-state index contributed by atoms with van der Waals surface area (Å²) in [5.41, 5.74) is 8.46. The van der Waals surface area contributed by atoms with Crippen LogP contribution >= 0.6 is 0 Å². The number of nitrogen functional groups attached to an aromatic ring is 1. The van der Waals surface area contributed by atoms with Gasteiger partial charge in [0.15, 0.2) is 0 Å². The topological polar surface area (TPSA) is 53.1 Å². The summed E-state index contributed by atoms with van der Waals surface area (Å²) in [7, 11) is 0. The number of aromatic nitrogens is 2. The molecule has 4 nitrogen and oxygen atoms in total. The summed E-state index contributed by atoms with van der Waals surface area (Å²) in [6.45, 7) is 7.27. The zero-order chi connectivity index (χ0) is 14.3. The van der Waals surface area contributed by atoms with E-state index in [2.05, 4.69) is 29.5 Å². The molecular weight excluding hydrogens is 250 g/mol. The Balaban J connectivity index is 2.16. The molecule has 0 saturated heterocycles. The normalized spacial score (nSPS) is 21.4. The van der Waals surface area contributed by atoms with E-state index in [1.807, 2.05) is 19.1 Å². The highest BCUT2D eigenvalue weighted by Crippen LogP contribution is 2.48. The van der Waals surface area contributed by atoms with Crippen molar-refractivity contribution in [3.05, 3.63) is 18.2 Å². The largest absolute Gasteiger partial charge is 0.492 e. The number of rotatable bonds is 3. The lowest BCUT2D eigenvalue weighted by Crippen LogP contribution is -2.22. The molecule has 1 aromatic carbocycles. The zero-order valence-electron chi connectivity index (χ0n) is 12.5. The Hall–Kier alpha value is -1.71. The molecule has 1 heterocycles. The Morgan fingerprint density at radius 1 is 1.45 bits per heavy atom. The van der Waals surface area contributed by atoms with Gasteiger partial charge in [0.25, 0.3) is 0 Å². The minimum absolute atomic E-state index is 0.267. The fourth-order valence-corrected chi connectivity index (χ4v) is 3.50. The van der Waals surface area contributed by atoms with Crippen LogP contribution in [0.25, 0.3) is 11.0 Å². The lowest BCUT2D eigenvalue weighted by molar-refractivity contribution is 0.268. The highest BCUT2D eigenvalue weighted by atomic mass is 16.5. The fraction of sp³-hybridized carbons (Fsp3) is 0.562. The number of para-hydroxylation sites is 1. The SMILES string of the molecule is CCOc1cccc2c1nc(N)n2C1CCCC1(C)C. The third-order valence-electron chi connectivity index (χ3n) is 4.52. The Labute approximate surface area is 119 Å². The van der Waals surface area contributed by atoms with Crippen LogP contribution in [-0.4, -0.2) is 16.2 Å². The number of hydrogen-bond acceptors (Lipinski definition) is 3. The van der Waals surface area contributed by atoms with Gasteiger partial charge in [-0.1, -0.05) is 26.3 Å². The summed E-state index contributed by atoms with van der Waals surface area (Å²) in [5.74, 6) is 1.43. The van der Waals surface area contributed by atoms with Crippen molar-refractivity contribution in [2.45, 2.75) is 46.1 Å². The van der Waals surface area contributed by atoms with Crippen LogP contribution in [-0.2, 0) is 0 Å². The van der Waals surface area contributed by atoms with E-state index in [9.17, 15) is 0 Å². The molecule has 0 amide bonds. The Morgan fingerprint density at radius 2 is 2.25 bits per heavy atom. The second-order valence-corrected chi connectivity index (χ2v) is 6.29. The molecule has 0 radical (unpaired) electrons. The molecule has 4 heteroatoms. The third kappa shape index (κ3) is 1.94. The van der Waals surface area contributed by atoms with Gasteiger partial charge in [-0.2, -0.15) is 0 Å². The number of imidazole rings is 1. The van der Waals surface area contributed by atoms with Crippen LogP contribution in [0.4, 0.5) is 5.95 Å². The highest BCUT2D eigenvalue weighted by Gasteiger charge is 2.37. The Kier molecular flexibility index (Phi) is 3.11. The van der Waals surface area contributed by atoms with E-state index in [1.165, 1.54) is 19.3 Å². The average molecular weight is 273 g/mol. The first-order chi connectivity index (χ1) is 9.54. The summed E-state index contributed by atoms with van der Waals surface area (Å²) < 4.78 is 7.88. The standard InChI is InChI=1S/C16H23N3O/c1-4-20-12-8-5-7-11-14(12)18-15(17)19(11)13-9-6-10-16(13,2)3/h5,7-8,13H,4,6,9-10H2,1-3H3,(H2,17,18). The number of hydrogen-bond donors (Lipinski definition) is 1. The number of fused-ring (bicyclic) bond motifs is 1. The first kappa shape index (κ1) is 13.3. The molecule has 1 aliphatic rings. The van der Waals surface area contributed by atoms with Gasteiger partial charge in [-0.3, -0.25) is 0 Å². The van der Waals surface area contributed by atoms with Crippen LogP contribution in [0.15, 0.2) is 18.2 Å². The van der Waals surface area contributed by atoms with Crippen LogP contribution in [0.5, 0.6) is 5.75 Å². The molecule has 2 aromatic rings. The van der Waals surface area contributed by atoms with E-state index in [1.54, 1.807) is 0 Å².